The Morgan fingerprint density at radius 3 is 2.88 bits per heavy atom. The molecule has 0 aliphatic carbocycles. The molecule has 1 rings (SSSR count). The first-order valence-electron chi connectivity index (χ1n) is 4.69. The lowest BCUT2D eigenvalue weighted by Gasteiger charge is -2.13. The molecule has 0 unspecified atom stereocenters. The van der Waals surface area contributed by atoms with Gasteiger partial charge in [0.15, 0.2) is 6.04 Å². The number of methoxy groups -OCH3 is 1. The van der Waals surface area contributed by atoms with E-state index in [9.17, 15) is 9.59 Å². The Kier molecular flexibility index (Phi) is 4.86. The Hall–Kier alpha value is -1.66. The summed E-state index contributed by atoms with van der Waals surface area (Å²) in [5.41, 5.74) is 0.243. The van der Waals surface area contributed by atoms with Gasteiger partial charge in [-0.25, -0.2) is 9.78 Å². The fraction of sp³-hybridized carbons (Fsp3) is 0.300. The molecule has 0 aromatic carbocycles. The van der Waals surface area contributed by atoms with Gasteiger partial charge in [0.25, 0.3) is 5.91 Å². The SMILES string of the molecule is COC(=O)[C@H](CO)NC(=O)c1ccnc(Cl)c1. The van der Waals surface area contributed by atoms with Crippen molar-refractivity contribution in [1.82, 2.24) is 10.3 Å². The Bertz CT molecular complexity index is 425. The molecule has 7 heteroatoms. The molecule has 0 saturated heterocycles. The molecule has 1 aromatic heterocycles. The molecule has 2 N–H and O–H groups in total. The van der Waals surface area contributed by atoms with Crippen molar-refractivity contribution < 1.29 is 19.4 Å². The monoisotopic (exact) mass is 258 g/mol. The molecule has 1 aromatic rings. The number of amides is 1. The van der Waals surface area contributed by atoms with Crippen LogP contribution >= 0.6 is 11.6 Å². The van der Waals surface area contributed by atoms with Gasteiger partial charge >= 0.3 is 5.97 Å². The highest BCUT2D eigenvalue weighted by molar-refractivity contribution is 6.29. The number of ether oxygens (including phenoxy) is 1. The van der Waals surface area contributed by atoms with E-state index in [1.165, 1.54) is 25.4 Å². The van der Waals surface area contributed by atoms with Crippen LogP contribution in [0.5, 0.6) is 0 Å². The molecule has 17 heavy (non-hydrogen) atoms. The van der Waals surface area contributed by atoms with Crippen molar-refractivity contribution >= 4 is 23.5 Å². The van der Waals surface area contributed by atoms with Crippen molar-refractivity contribution in [2.45, 2.75) is 6.04 Å². The minimum Gasteiger partial charge on any atom is -0.467 e. The Labute approximate surface area is 103 Å². The number of carbonyl (C=O) groups is 2. The van der Waals surface area contributed by atoms with Crippen molar-refractivity contribution in [3.05, 3.63) is 29.0 Å². The summed E-state index contributed by atoms with van der Waals surface area (Å²) in [6.07, 6.45) is 1.36. The third-order valence-electron chi connectivity index (χ3n) is 1.96. The fourth-order valence-electron chi connectivity index (χ4n) is 1.11. The molecule has 0 radical (unpaired) electrons. The Balaban J connectivity index is 2.74. The normalized spacial score (nSPS) is 11.7. The Morgan fingerprint density at radius 1 is 1.65 bits per heavy atom. The van der Waals surface area contributed by atoms with Crippen LogP contribution in [-0.4, -0.2) is 41.7 Å². The van der Waals surface area contributed by atoms with Gasteiger partial charge < -0.3 is 15.2 Å². The van der Waals surface area contributed by atoms with Gasteiger partial charge in [-0.05, 0) is 12.1 Å². The lowest BCUT2D eigenvalue weighted by atomic mass is 10.2. The van der Waals surface area contributed by atoms with E-state index in [1.54, 1.807) is 0 Å². The van der Waals surface area contributed by atoms with Crippen molar-refractivity contribution in [3.63, 3.8) is 0 Å². The van der Waals surface area contributed by atoms with E-state index in [0.717, 1.165) is 0 Å². The molecule has 0 bridgehead atoms. The number of pyridine rings is 1. The number of hydrogen-bond donors (Lipinski definition) is 2. The maximum absolute atomic E-state index is 11.7. The van der Waals surface area contributed by atoms with Crippen molar-refractivity contribution in [2.75, 3.05) is 13.7 Å². The lowest BCUT2D eigenvalue weighted by Crippen LogP contribution is -2.44. The zero-order chi connectivity index (χ0) is 12.8. The van der Waals surface area contributed by atoms with E-state index in [4.69, 9.17) is 16.7 Å². The third-order valence-corrected chi connectivity index (χ3v) is 2.17. The average Bonchev–Trinajstić information content (AvgIpc) is 2.34. The maximum Gasteiger partial charge on any atom is 0.330 e. The van der Waals surface area contributed by atoms with E-state index in [0.29, 0.717) is 0 Å². The van der Waals surface area contributed by atoms with Gasteiger partial charge in [-0.15, -0.1) is 0 Å². The minimum atomic E-state index is -1.10. The number of nitrogens with zero attached hydrogens (tertiary/aromatic N) is 1. The number of carbonyl (C=O) groups excluding carboxylic acids is 2. The largest absolute Gasteiger partial charge is 0.467 e. The number of aliphatic hydroxyl groups excluding tert-OH is 1. The average molecular weight is 259 g/mol. The second-order valence-electron chi connectivity index (χ2n) is 3.10. The fourth-order valence-corrected chi connectivity index (χ4v) is 1.28. The summed E-state index contributed by atoms with van der Waals surface area (Å²) in [5, 5.41) is 11.4. The van der Waals surface area contributed by atoms with Crippen LogP contribution in [0.1, 0.15) is 10.4 Å². The van der Waals surface area contributed by atoms with Gasteiger partial charge in [-0.3, -0.25) is 4.79 Å². The Morgan fingerprint density at radius 2 is 2.35 bits per heavy atom. The summed E-state index contributed by atoms with van der Waals surface area (Å²) in [4.78, 5) is 26.5. The second kappa shape index (κ2) is 6.17. The summed E-state index contributed by atoms with van der Waals surface area (Å²) in [6.45, 7) is -0.544. The summed E-state index contributed by atoms with van der Waals surface area (Å²) in [5.74, 6) is -1.26. The molecule has 0 spiro atoms. The van der Waals surface area contributed by atoms with Crippen LogP contribution in [0.25, 0.3) is 0 Å². The highest BCUT2D eigenvalue weighted by Gasteiger charge is 2.21. The summed E-state index contributed by atoms with van der Waals surface area (Å²) in [6, 6.07) is 1.69. The van der Waals surface area contributed by atoms with Crippen molar-refractivity contribution in [3.8, 4) is 0 Å². The van der Waals surface area contributed by atoms with Crippen LogP contribution in [0.3, 0.4) is 0 Å². The first-order chi connectivity index (χ1) is 8.08. The highest BCUT2D eigenvalue weighted by atomic mass is 35.5. The molecular weight excluding hydrogens is 248 g/mol. The van der Waals surface area contributed by atoms with Crippen LogP contribution in [0.15, 0.2) is 18.3 Å². The number of aromatic nitrogens is 1. The first-order valence-corrected chi connectivity index (χ1v) is 5.07. The van der Waals surface area contributed by atoms with Crippen LogP contribution in [0.4, 0.5) is 0 Å². The molecule has 0 aliphatic rings. The van der Waals surface area contributed by atoms with Gasteiger partial charge in [0, 0.05) is 11.8 Å². The van der Waals surface area contributed by atoms with Crippen LogP contribution in [0.2, 0.25) is 5.15 Å². The van der Waals surface area contributed by atoms with Crippen LogP contribution < -0.4 is 5.32 Å². The minimum absolute atomic E-state index is 0.163. The molecule has 0 fully saturated rings. The van der Waals surface area contributed by atoms with Gasteiger partial charge in [0.2, 0.25) is 0 Å². The number of halogens is 1. The predicted octanol–water partition coefficient (Wildman–Crippen LogP) is -0.00130. The number of aliphatic hydroxyl groups is 1. The van der Waals surface area contributed by atoms with Gasteiger partial charge in [-0.1, -0.05) is 11.6 Å². The van der Waals surface area contributed by atoms with E-state index in [1.807, 2.05) is 0 Å². The molecule has 0 saturated carbocycles. The molecular formula is C10H11ClN2O4. The number of esters is 1. The van der Waals surface area contributed by atoms with Gasteiger partial charge in [0.05, 0.1) is 13.7 Å². The zero-order valence-electron chi connectivity index (χ0n) is 9.01. The quantitative estimate of drug-likeness (QED) is 0.586. The molecule has 1 amide bonds. The molecule has 92 valence electrons. The summed E-state index contributed by atoms with van der Waals surface area (Å²) >= 11 is 5.62. The highest BCUT2D eigenvalue weighted by Crippen LogP contribution is 2.07. The molecule has 1 heterocycles. The lowest BCUT2D eigenvalue weighted by molar-refractivity contribution is -0.143. The third kappa shape index (κ3) is 3.69. The number of hydrogen-bond acceptors (Lipinski definition) is 5. The predicted molar refractivity (Wildman–Crippen MR) is 59.6 cm³/mol. The zero-order valence-corrected chi connectivity index (χ0v) is 9.77. The van der Waals surface area contributed by atoms with Crippen LogP contribution in [0, 0.1) is 0 Å². The maximum atomic E-state index is 11.7. The second-order valence-corrected chi connectivity index (χ2v) is 3.49. The van der Waals surface area contributed by atoms with E-state index in [2.05, 4.69) is 15.0 Å². The first kappa shape index (κ1) is 13.4. The van der Waals surface area contributed by atoms with Crippen molar-refractivity contribution in [1.29, 1.82) is 0 Å². The van der Waals surface area contributed by atoms with Gasteiger partial charge in [-0.2, -0.15) is 0 Å². The van der Waals surface area contributed by atoms with Crippen molar-refractivity contribution in [2.24, 2.45) is 0 Å². The van der Waals surface area contributed by atoms with E-state index in [-0.39, 0.29) is 10.7 Å². The smallest absolute Gasteiger partial charge is 0.330 e. The van der Waals surface area contributed by atoms with Gasteiger partial charge in [0.1, 0.15) is 5.15 Å². The molecule has 0 aliphatic heterocycles. The summed E-state index contributed by atoms with van der Waals surface area (Å²) in [7, 11) is 1.17. The van der Waals surface area contributed by atoms with Crippen LogP contribution in [-0.2, 0) is 9.53 Å². The number of rotatable bonds is 4. The standard InChI is InChI=1S/C10H11ClN2O4/c1-17-10(16)7(5-14)13-9(15)6-2-3-12-8(11)4-6/h2-4,7,14H,5H2,1H3,(H,13,15)/t7-/m0/s1. The molecule has 6 nitrogen and oxygen atoms in total. The van der Waals surface area contributed by atoms with E-state index >= 15 is 0 Å². The number of nitrogens with one attached hydrogen (secondary N) is 1. The molecule has 1 atom stereocenters. The summed E-state index contributed by atoms with van der Waals surface area (Å²) < 4.78 is 4.41. The topological polar surface area (TPSA) is 88.5 Å². The van der Waals surface area contributed by atoms with E-state index < -0.39 is 24.5 Å².